The molecular weight excluding hydrogens is 411 g/mol. The molecule has 0 aliphatic carbocycles. The van der Waals surface area contributed by atoms with Crippen LogP contribution in [-0.4, -0.2) is 21.0 Å². The summed E-state index contributed by atoms with van der Waals surface area (Å²) >= 11 is 1.33. The maximum absolute atomic E-state index is 13.3. The van der Waals surface area contributed by atoms with Crippen molar-refractivity contribution >= 4 is 45.6 Å². The Balaban J connectivity index is 1.50. The van der Waals surface area contributed by atoms with E-state index in [4.69, 9.17) is 0 Å². The average Bonchev–Trinajstić information content (AvgIpc) is 3.38. The lowest BCUT2D eigenvalue weighted by Crippen LogP contribution is -2.28. The predicted molar refractivity (Wildman–Crippen MR) is 123 cm³/mol. The number of aromatic nitrogens is 2. The van der Waals surface area contributed by atoms with Crippen molar-refractivity contribution in [3.8, 4) is 0 Å². The largest absolute Gasteiger partial charge is 0.345 e. The summed E-state index contributed by atoms with van der Waals surface area (Å²) in [4.78, 5) is 27.5. The molecule has 0 atom stereocenters. The number of halogens is 1. The number of nitrogens with one attached hydrogen (secondary N) is 1. The minimum atomic E-state index is -0.285. The number of thioether (sulfide) groups is 1. The monoisotopic (exact) mass is 428 g/mol. The first-order valence-corrected chi connectivity index (χ1v) is 10.5. The van der Waals surface area contributed by atoms with E-state index in [1.165, 1.54) is 23.9 Å². The Morgan fingerprint density at radius 2 is 1.87 bits per heavy atom. The average molecular weight is 428 g/mol. The number of carbonyl (C=O) groups is 1. The smallest absolute Gasteiger partial charge is 0.271 e. The van der Waals surface area contributed by atoms with Gasteiger partial charge < -0.3 is 4.98 Å². The van der Waals surface area contributed by atoms with E-state index in [9.17, 15) is 9.18 Å². The van der Waals surface area contributed by atoms with Crippen LogP contribution in [0.25, 0.3) is 17.1 Å². The van der Waals surface area contributed by atoms with Crippen LogP contribution in [0.15, 0.2) is 89.0 Å². The maximum atomic E-state index is 13.3. The van der Waals surface area contributed by atoms with E-state index in [0.717, 1.165) is 27.8 Å². The molecule has 1 N–H and O–H groups in total. The highest BCUT2D eigenvalue weighted by Crippen LogP contribution is 2.36. The van der Waals surface area contributed by atoms with E-state index < -0.39 is 0 Å². The number of rotatable bonds is 4. The molecule has 1 amide bonds. The summed E-state index contributed by atoms with van der Waals surface area (Å²) in [7, 11) is 0. The van der Waals surface area contributed by atoms with E-state index in [1.807, 2.05) is 54.6 Å². The van der Waals surface area contributed by atoms with Gasteiger partial charge in [0.05, 0.1) is 34.5 Å². The molecule has 1 aromatic heterocycles. The second kappa shape index (κ2) is 8.20. The van der Waals surface area contributed by atoms with Crippen LogP contribution in [0.5, 0.6) is 0 Å². The number of aromatic amines is 1. The lowest BCUT2D eigenvalue weighted by molar-refractivity contribution is -0.113. The van der Waals surface area contributed by atoms with Gasteiger partial charge in [0.2, 0.25) is 0 Å². The van der Waals surface area contributed by atoms with Crippen LogP contribution in [0.1, 0.15) is 11.1 Å². The number of carbonyl (C=O) groups excluding carboxylic acids is 1. The number of nitrogens with zero attached hydrogens (tertiary/aromatic N) is 3. The molecule has 0 radical (unpaired) electrons. The topological polar surface area (TPSA) is 61.4 Å². The van der Waals surface area contributed by atoms with Crippen LogP contribution in [-0.2, 0) is 11.3 Å². The fourth-order valence-electron chi connectivity index (χ4n) is 3.32. The first-order chi connectivity index (χ1) is 15.2. The Labute approximate surface area is 182 Å². The second-order valence-corrected chi connectivity index (χ2v) is 8.00. The summed E-state index contributed by atoms with van der Waals surface area (Å²) in [6, 6.07) is 21.5. The van der Waals surface area contributed by atoms with Crippen molar-refractivity contribution in [3.63, 3.8) is 0 Å². The van der Waals surface area contributed by atoms with Gasteiger partial charge in [-0.3, -0.25) is 14.7 Å². The molecule has 1 fully saturated rings. The van der Waals surface area contributed by atoms with E-state index in [-0.39, 0.29) is 11.7 Å². The van der Waals surface area contributed by atoms with Crippen molar-refractivity contribution in [1.82, 2.24) is 9.97 Å². The molecule has 0 saturated carbocycles. The van der Waals surface area contributed by atoms with Gasteiger partial charge in [0.25, 0.3) is 5.91 Å². The van der Waals surface area contributed by atoms with Crippen LogP contribution >= 0.6 is 11.8 Å². The summed E-state index contributed by atoms with van der Waals surface area (Å²) in [5.41, 5.74) is 4.30. The number of benzene rings is 3. The molecule has 152 valence electrons. The SMILES string of the molecule is O=C1/C(=C/c2ccc3[nH]cnc3c2)S/C(=N\Cc2ccc(F)cc2)N1c1ccccc1. The number of aliphatic imine (C=N–C) groups is 1. The van der Waals surface area contributed by atoms with E-state index in [2.05, 4.69) is 15.0 Å². The van der Waals surface area contributed by atoms with Gasteiger partial charge in [0.1, 0.15) is 5.82 Å². The minimum absolute atomic E-state index is 0.129. The van der Waals surface area contributed by atoms with Gasteiger partial charge in [-0.25, -0.2) is 9.37 Å². The number of hydrogen-bond acceptors (Lipinski definition) is 4. The first-order valence-electron chi connectivity index (χ1n) is 9.68. The van der Waals surface area contributed by atoms with Gasteiger partial charge in [-0.2, -0.15) is 0 Å². The van der Waals surface area contributed by atoms with Gasteiger partial charge in [0, 0.05) is 0 Å². The molecule has 1 aliphatic rings. The van der Waals surface area contributed by atoms with Crippen molar-refractivity contribution in [2.24, 2.45) is 4.99 Å². The number of amides is 1. The summed E-state index contributed by atoms with van der Waals surface area (Å²) in [6.45, 7) is 0.353. The van der Waals surface area contributed by atoms with Gasteiger partial charge in [-0.1, -0.05) is 36.4 Å². The fraction of sp³-hybridized carbons (Fsp3) is 0.0417. The number of fused-ring (bicyclic) bond motifs is 1. The highest BCUT2D eigenvalue weighted by molar-refractivity contribution is 8.19. The number of anilines is 1. The molecule has 1 saturated heterocycles. The summed E-state index contributed by atoms with van der Waals surface area (Å²) in [5, 5.41) is 0.590. The van der Waals surface area contributed by atoms with E-state index >= 15 is 0 Å². The van der Waals surface area contributed by atoms with Gasteiger partial charge >= 0.3 is 0 Å². The number of amidine groups is 1. The van der Waals surface area contributed by atoms with Gasteiger partial charge in [-0.05, 0) is 65.4 Å². The zero-order chi connectivity index (χ0) is 21.2. The van der Waals surface area contributed by atoms with Crippen LogP contribution in [0.3, 0.4) is 0 Å². The van der Waals surface area contributed by atoms with Crippen LogP contribution < -0.4 is 4.90 Å². The Hall–Kier alpha value is -3.71. The zero-order valence-corrected chi connectivity index (χ0v) is 17.1. The molecule has 7 heteroatoms. The minimum Gasteiger partial charge on any atom is -0.345 e. The quantitative estimate of drug-likeness (QED) is 0.444. The van der Waals surface area contributed by atoms with Crippen molar-refractivity contribution < 1.29 is 9.18 Å². The third kappa shape index (κ3) is 4.00. The van der Waals surface area contributed by atoms with Crippen molar-refractivity contribution in [2.75, 3.05) is 4.90 Å². The standard InChI is InChI=1S/C24H17FN4OS/c25-18-9-6-16(7-10-18)14-26-24-29(19-4-2-1-3-5-19)23(30)22(31-24)13-17-8-11-20-21(12-17)28-15-27-20/h1-13,15H,14H2,(H,27,28)/b22-13-,26-24-. The molecule has 0 bridgehead atoms. The molecular formula is C24H17FN4OS. The number of imidazole rings is 1. The maximum Gasteiger partial charge on any atom is 0.271 e. The lowest BCUT2D eigenvalue weighted by Gasteiger charge is -2.15. The molecule has 2 heterocycles. The Bertz CT molecular complexity index is 1310. The van der Waals surface area contributed by atoms with Crippen molar-refractivity contribution in [2.45, 2.75) is 6.54 Å². The molecule has 0 unspecified atom stereocenters. The summed E-state index contributed by atoms with van der Waals surface area (Å²) in [6.07, 6.45) is 3.51. The highest BCUT2D eigenvalue weighted by atomic mass is 32.2. The third-order valence-corrected chi connectivity index (χ3v) is 5.88. The molecule has 31 heavy (non-hydrogen) atoms. The molecule has 4 aromatic rings. The molecule has 1 aliphatic heterocycles. The molecule has 5 rings (SSSR count). The predicted octanol–water partition coefficient (Wildman–Crippen LogP) is 5.38. The highest BCUT2D eigenvalue weighted by Gasteiger charge is 2.34. The first kappa shape index (κ1) is 19.3. The zero-order valence-electron chi connectivity index (χ0n) is 16.3. The van der Waals surface area contributed by atoms with Crippen LogP contribution in [0.4, 0.5) is 10.1 Å². The molecule has 5 nitrogen and oxygen atoms in total. The number of H-pyrrole nitrogens is 1. The second-order valence-electron chi connectivity index (χ2n) is 6.99. The van der Waals surface area contributed by atoms with Crippen molar-refractivity contribution in [1.29, 1.82) is 0 Å². The van der Waals surface area contributed by atoms with Gasteiger partial charge in [0.15, 0.2) is 5.17 Å². The Kier molecular flexibility index (Phi) is 5.09. The molecule has 0 spiro atoms. The normalized spacial score (nSPS) is 16.7. The van der Waals surface area contributed by atoms with Crippen LogP contribution in [0, 0.1) is 5.82 Å². The van der Waals surface area contributed by atoms with Gasteiger partial charge in [-0.15, -0.1) is 0 Å². The molecule has 3 aromatic carbocycles. The van der Waals surface area contributed by atoms with Crippen molar-refractivity contribution in [3.05, 3.63) is 101 Å². The Morgan fingerprint density at radius 1 is 1.06 bits per heavy atom. The lowest BCUT2D eigenvalue weighted by atomic mass is 10.2. The summed E-state index contributed by atoms with van der Waals surface area (Å²) in [5.74, 6) is -0.414. The fourth-order valence-corrected chi connectivity index (χ4v) is 4.30. The van der Waals surface area contributed by atoms with E-state index in [1.54, 1.807) is 23.4 Å². The third-order valence-electron chi connectivity index (χ3n) is 4.87. The van der Waals surface area contributed by atoms with E-state index in [0.29, 0.717) is 16.6 Å². The number of para-hydroxylation sites is 1. The Morgan fingerprint density at radius 3 is 2.68 bits per heavy atom. The summed E-state index contributed by atoms with van der Waals surface area (Å²) < 4.78 is 13.2. The van der Waals surface area contributed by atoms with Crippen LogP contribution in [0.2, 0.25) is 0 Å². The number of hydrogen-bond donors (Lipinski definition) is 1.